The first-order valence-corrected chi connectivity index (χ1v) is 8.37. The van der Waals surface area contributed by atoms with Crippen LogP contribution in [0.25, 0.3) is 0 Å². The molecule has 0 heterocycles. The summed E-state index contributed by atoms with van der Waals surface area (Å²) in [7, 11) is 4.70. The highest BCUT2D eigenvalue weighted by molar-refractivity contribution is 7.80. The molecular weight excluding hydrogens is 350 g/mol. The van der Waals surface area contributed by atoms with E-state index in [-0.39, 0.29) is 0 Å². The molecule has 0 amide bonds. The smallest absolute Gasteiger partial charge is 0.203 e. The zero-order valence-electron chi connectivity index (χ0n) is 15.5. The lowest BCUT2D eigenvalue weighted by atomic mass is 10.1. The fraction of sp³-hybridized carbons (Fsp3) is 0.263. The largest absolute Gasteiger partial charge is 0.493 e. The van der Waals surface area contributed by atoms with Gasteiger partial charge in [-0.15, -0.1) is 0 Å². The van der Waals surface area contributed by atoms with E-state index >= 15 is 0 Å². The molecule has 0 aliphatic carbocycles. The van der Waals surface area contributed by atoms with Gasteiger partial charge in [-0.3, -0.25) is 5.43 Å². The Morgan fingerprint density at radius 3 is 2.35 bits per heavy atom. The Morgan fingerprint density at radius 2 is 1.73 bits per heavy atom. The van der Waals surface area contributed by atoms with Crippen LogP contribution in [0.2, 0.25) is 0 Å². The van der Waals surface area contributed by atoms with Crippen molar-refractivity contribution in [3.05, 3.63) is 47.0 Å². The first-order valence-electron chi connectivity index (χ1n) is 7.96. The molecule has 0 aliphatic heterocycles. The van der Waals surface area contributed by atoms with Crippen LogP contribution in [0, 0.1) is 13.8 Å². The molecule has 0 aliphatic rings. The van der Waals surface area contributed by atoms with Crippen molar-refractivity contribution in [2.45, 2.75) is 13.8 Å². The second kappa shape index (κ2) is 9.05. The molecule has 7 heteroatoms. The minimum Gasteiger partial charge on any atom is -0.493 e. The molecule has 26 heavy (non-hydrogen) atoms. The van der Waals surface area contributed by atoms with Crippen LogP contribution in [0.3, 0.4) is 0 Å². The van der Waals surface area contributed by atoms with Gasteiger partial charge in [-0.2, -0.15) is 5.10 Å². The van der Waals surface area contributed by atoms with E-state index in [0.717, 1.165) is 16.8 Å². The van der Waals surface area contributed by atoms with Crippen LogP contribution in [0.4, 0.5) is 5.69 Å². The van der Waals surface area contributed by atoms with Crippen LogP contribution >= 0.6 is 12.2 Å². The van der Waals surface area contributed by atoms with Crippen molar-refractivity contribution in [3.8, 4) is 17.2 Å². The normalized spacial score (nSPS) is 10.5. The minimum atomic E-state index is 0.396. The summed E-state index contributed by atoms with van der Waals surface area (Å²) in [6.45, 7) is 4.07. The van der Waals surface area contributed by atoms with Crippen molar-refractivity contribution in [1.29, 1.82) is 0 Å². The molecule has 2 aromatic rings. The average Bonchev–Trinajstić information content (AvgIpc) is 2.63. The maximum absolute atomic E-state index is 5.42. The summed E-state index contributed by atoms with van der Waals surface area (Å²) in [6.07, 6.45) is 1.61. The van der Waals surface area contributed by atoms with Gasteiger partial charge < -0.3 is 19.5 Å². The molecule has 0 saturated carbocycles. The van der Waals surface area contributed by atoms with Gasteiger partial charge in [-0.05, 0) is 49.8 Å². The van der Waals surface area contributed by atoms with Gasteiger partial charge in [0.1, 0.15) is 0 Å². The highest BCUT2D eigenvalue weighted by Gasteiger charge is 2.14. The topological polar surface area (TPSA) is 64.1 Å². The standard InChI is InChI=1S/C19H23N3O3S/c1-12-6-8-15(13(2)10-12)21-19(26)22-20-11-14-7-9-16(23-3)18(25-5)17(14)24-4/h6-11H,1-5H3,(H2,21,22,26)/b20-11-. The van der Waals surface area contributed by atoms with Crippen molar-refractivity contribution < 1.29 is 14.2 Å². The quantitative estimate of drug-likeness (QED) is 0.458. The number of nitrogens with one attached hydrogen (secondary N) is 2. The molecule has 0 saturated heterocycles. The number of rotatable bonds is 6. The maximum Gasteiger partial charge on any atom is 0.203 e. The highest BCUT2D eigenvalue weighted by Crippen LogP contribution is 2.38. The third-order valence-electron chi connectivity index (χ3n) is 3.73. The van der Waals surface area contributed by atoms with E-state index in [1.807, 2.05) is 32.0 Å². The first-order chi connectivity index (χ1) is 12.5. The number of ether oxygens (including phenoxy) is 3. The number of hydrogen-bond donors (Lipinski definition) is 2. The molecule has 0 aromatic heterocycles. The summed E-state index contributed by atoms with van der Waals surface area (Å²) in [6, 6.07) is 9.71. The third-order valence-corrected chi connectivity index (χ3v) is 3.93. The van der Waals surface area contributed by atoms with Crippen LogP contribution in [-0.2, 0) is 0 Å². The van der Waals surface area contributed by atoms with E-state index in [1.165, 1.54) is 5.56 Å². The zero-order chi connectivity index (χ0) is 19.1. The summed E-state index contributed by atoms with van der Waals surface area (Å²) in [5.41, 5.74) is 6.78. The molecule has 0 atom stereocenters. The van der Waals surface area contributed by atoms with E-state index in [1.54, 1.807) is 33.6 Å². The van der Waals surface area contributed by atoms with Gasteiger partial charge in [0.2, 0.25) is 5.75 Å². The lowest BCUT2D eigenvalue weighted by Crippen LogP contribution is -2.24. The van der Waals surface area contributed by atoms with Crippen molar-refractivity contribution >= 4 is 29.2 Å². The van der Waals surface area contributed by atoms with Crippen molar-refractivity contribution in [3.63, 3.8) is 0 Å². The van der Waals surface area contributed by atoms with E-state index in [4.69, 9.17) is 26.4 Å². The molecule has 0 spiro atoms. The van der Waals surface area contributed by atoms with Crippen LogP contribution in [-0.4, -0.2) is 32.7 Å². The maximum atomic E-state index is 5.42. The van der Waals surface area contributed by atoms with E-state index < -0.39 is 0 Å². The lowest BCUT2D eigenvalue weighted by Gasteiger charge is -2.14. The Bertz CT molecular complexity index is 822. The summed E-state index contributed by atoms with van der Waals surface area (Å²) in [5.74, 6) is 1.63. The summed E-state index contributed by atoms with van der Waals surface area (Å²) in [4.78, 5) is 0. The van der Waals surface area contributed by atoms with Gasteiger partial charge >= 0.3 is 0 Å². The molecule has 0 unspecified atom stereocenters. The summed E-state index contributed by atoms with van der Waals surface area (Å²) in [5, 5.41) is 7.69. The number of anilines is 1. The predicted octanol–water partition coefficient (Wildman–Crippen LogP) is 3.65. The second-order valence-electron chi connectivity index (χ2n) is 5.57. The third kappa shape index (κ3) is 4.64. The molecule has 2 N–H and O–H groups in total. The fourth-order valence-electron chi connectivity index (χ4n) is 2.49. The molecule has 2 aromatic carbocycles. The Kier molecular flexibility index (Phi) is 6.80. The molecule has 2 rings (SSSR count). The molecular formula is C19H23N3O3S. The van der Waals surface area contributed by atoms with Gasteiger partial charge in [0, 0.05) is 11.3 Å². The summed E-state index contributed by atoms with van der Waals surface area (Å²) >= 11 is 5.28. The highest BCUT2D eigenvalue weighted by atomic mass is 32.1. The fourth-order valence-corrected chi connectivity index (χ4v) is 2.65. The zero-order valence-corrected chi connectivity index (χ0v) is 16.4. The number of aryl methyl sites for hydroxylation is 2. The van der Waals surface area contributed by atoms with E-state index in [0.29, 0.717) is 22.4 Å². The Hall–Kier alpha value is -2.80. The predicted molar refractivity (Wildman–Crippen MR) is 109 cm³/mol. The number of hydrogen-bond acceptors (Lipinski definition) is 5. The van der Waals surface area contributed by atoms with Crippen LogP contribution in [0.15, 0.2) is 35.4 Å². The van der Waals surface area contributed by atoms with E-state index in [2.05, 4.69) is 21.9 Å². The number of methoxy groups -OCH3 is 3. The van der Waals surface area contributed by atoms with Crippen molar-refractivity contribution in [2.24, 2.45) is 5.10 Å². The molecule has 6 nitrogen and oxygen atoms in total. The minimum absolute atomic E-state index is 0.396. The van der Waals surface area contributed by atoms with Crippen LogP contribution in [0.5, 0.6) is 17.2 Å². The monoisotopic (exact) mass is 373 g/mol. The molecule has 0 fully saturated rings. The number of benzene rings is 2. The molecule has 138 valence electrons. The molecule has 0 bridgehead atoms. The average molecular weight is 373 g/mol. The second-order valence-corrected chi connectivity index (χ2v) is 5.97. The van der Waals surface area contributed by atoms with Crippen molar-refractivity contribution in [1.82, 2.24) is 5.43 Å². The molecule has 0 radical (unpaired) electrons. The Morgan fingerprint density at radius 1 is 1.00 bits per heavy atom. The van der Waals surface area contributed by atoms with Crippen LogP contribution < -0.4 is 25.0 Å². The van der Waals surface area contributed by atoms with Gasteiger partial charge in [-0.1, -0.05) is 17.7 Å². The van der Waals surface area contributed by atoms with Gasteiger partial charge in [0.15, 0.2) is 16.6 Å². The Balaban J connectivity index is 2.09. The SMILES string of the molecule is COc1ccc(/C=N\NC(=S)Nc2ccc(C)cc2C)c(OC)c1OC. The number of thiocarbonyl (C=S) groups is 1. The van der Waals surface area contributed by atoms with Gasteiger partial charge in [0.25, 0.3) is 0 Å². The van der Waals surface area contributed by atoms with E-state index in [9.17, 15) is 0 Å². The van der Waals surface area contributed by atoms with Gasteiger partial charge in [-0.25, -0.2) is 0 Å². The number of hydrazone groups is 1. The number of nitrogens with zero attached hydrogens (tertiary/aromatic N) is 1. The van der Waals surface area contributed by atoms with Crippen LogP contribution in [0.1, 0.15) is 16.7 Å². The van der Waals surface area contributed by atoms with Crippen molar-refractivity contribution in [2.75, 3.05) is 26.6 Å². The summed E-state index contributed by atoms with van der Waals surface area (Å²) < 4.78 is 16.0. The lowest BCUT2D eigenvalue weighted by molar-refractivity contribution is 0.324. The Labute approximate surface area is 159 Å². The first kappa shape index (κ1) is 19.5. The van der Waals surface area contributed by atoms with Gasteiger partial charge in [0.05, 0.1) is 27.5 Å².